The molecule has 0 saturated heterocycles. The van der Waals surface area contributed by atoms with Gasteiger partial charge in [0.2, 0.25) is 0 Å². The molecule has 0 aromatic heterocycles. The summed E-state index contributed by atoms with van der Waals surface area (Å²) in [7, 11) is 0. The van der Waals surface area contributed by atoms with Crippen molar-refractivity contribution in [2.75, 3.05) is 11.9 Å². The number of nitrogens with one attached hydrogen (secondary N) is 2. The molecule has 0 radical (unpaired) electrons. The van der Waals surface area contributed by atoms with Crippen LogP contribution in [0.15, 0.2) is 95.9 Å². The molecule has 2 rings (SSSR count). The Balaban J connectivity index is 2.25. The summed E-state index contributed by atoms with van der Waals surface area (Å²) in [5.41, 5.74) is 7.31. The Morgan fingerprint density at radius 1 is 1.25 bits per heavy atom. The lowest BCUT2D eigenvalue weighted by molar-refractivity contribution is 0.189. The third-order valence-electron chi connectivity index (χ3n) is 5.03. The number of aliphatic hydroxyl groups excluding tert-OH is 1. The van der Waals surface area contributed by atoms with Crippen LogP contribution in [0.3, 0.4) is 0 Å². The Morgan fingerprint density at radius 3 is 2.53 bits per heavy atom. The molecule has 7 nitrogen and oxygen atoms in total. The van der Waals surface area contributed by atoms with Gasteiger partial charge in [0.05, 0.1) is 18.0 Å². The normalized spacial score (nSPS) is 13.0. The molecule has 0 spiro atoms. The summed E-state index contributed by atoms with van der Waals surface area (Å²) in [5.74, 6) is 0.182. The van der Waals surface area contributed by atoms with Gasteiger partial charge < -0.3 is 20.9 Å². The number of halogens is 1. The summed E-state index contributed by atoms with van der Waals surface area (Å²) >= 11 is 0. The van der Waals surface area contributed by atoms with Gasteiger partial charge in [0.1, 0.15) is 23.2 Å². The number of aryl methyl sites for hydroxylation is 1. The summed E-state index contributed by atoms with van der Waals surface area (Å²) in [5, 5.41) is 14.7. The lowest BCUT2D eigenvalue weighted by Gasteiger charge is -2.22. The largest absolute Gasteiger partial charge is 0.457 e. The SMILES string of the molecule is C=C/C=C(\C=C/C)Oc1ccc(NC(=O)NC(C=C(N)C(C)(C)CO)=Nc2ccc(C)cc2)c(F)c1. The molecule has 36 heavy (non-hydrogen) atoms. The van der Waals surface area contributed by atoms with Gasteiger partial charge in [-0.3, -0.25) is 5.32 Å². The molecule has 0 aliphatic rings. The first-order chi connectivity index (χ1) is 17.1. The molecule has 2 aromatic carbocycles. The van der Waals surface area contributed by atoms with Gasteiger partial charge in [-0.1, -0.05) is 50.3 Å². The van der Waals surface area contributed by atoms with Crippen molar-refractivity contribution in [3.8, 4) is 5.75 Å². The number of amidine groups is 1. The number of carbonyl (C=O) groups excluding carboxylic acids is 1. The third-order valence-corrected chi connectivity index (χ3v) is 5.03. The molecule has 5 N–H and O–H groups in total. The molecule has 0 aliphatic carbocycles. The highest BCUT2D eigenvalue weighted by Gasteiger charge is 2.21. The number of amides is 2. The summed E-state index contributed by atoms with van der Waals surface area (Å²) in [4.78, 5) is 17.1. The van der Waals surface area contributed by atoms with Crippen LogP contribution >= 0.6 is 0 Å². The number of rotatable bonds is 9. The number of hydrogen-bond acceptors (Lipinski definition) is 5. The minimum atomic E-state index is -0.736. The Morgan fingerprint density at radius 2 is 1.94 bits per heavy atom. The van der Waals surface area contributed by atoms with Crippen molar-refractivity contribution >= 4 is 23.2 Å². The number of anilines is 1. The van der Waals surface area contributed by atoms with Gasteiger partial charge in [-0.15, -0.1) is 0 Å². The van der Waals surface area contributed by atoms with Gasteiger partial charge in [-0.25, -0.2) is 14.2 Å². The molecular formula is C28H33FN4O3. The molecule has 0 atom stereocenters. The van der Waals surface area contributed by atoms with Crippen LogP contribution < -0.4 is 21.1 Å². The zero-order valence-corrected chi connectivity index (χ0v) is 21.0. The topological polar surface area (TPSA) is 109 Å². The average Bonchev–Trinajstić information content (AvgIpc) is 2.82. The van der Waals surface area contributed by atoms with Crippen LogP contribution in [0, 0.1) is 18.2 Å². The highest BCUT2D eigenvalue weighted by molar-refractivity contribution is 6.08. The second kappa shape index (κ2) is 13.1. The lowest BCUT2D eigenvalue weighted by Crippen LogP contribution is -2.35. The maximum Gasteiger partial charge on any atom is 0.324 e. The summed E-state index contributed by atoms with van der Waals surface area (Å²) < 4.78 is 20.3. The number of benzene rings is 2. The van der Waals surface area contributed by atoms with Crippen molar-refractivity contribution in [2.24, 2.45) is 16.1 Å². The molecule has 0 saturated carbocycles. The summed E-state index contributed by atoms with van der Waals surface area (Å²) in [6.07, 6.45) is 8.17. The van der Waals surface area contributed by atoms with E-state index in [1.807, 2.05) is 26.0 Å². The van der Waals surface area contributed by atoms with Crippen LogP contribution in [-0.2, 0) is 0 Å². The molecule has 2 amide bonds. The van der Waals surface area contributed by atoms with Gasteiger partial charge >= 0.3 is 6.03 Å². The number of allylic oxidation sites excluding steroid dienone is 4. The number of ether oxygens (including phenoxy) is 1. The average molecular weight is 493 g/mol. The Hall–Kier alpha value is -4.17. The van der Waals surface area contributed by atoms with E-state index in [4.69, 9.17) is 10.5 Å². The van der Waals surface area contributed by atoms with Gasteiger partial charge in [0.25, 0.3) is 0 Å². The minimum Gasteiger partial charge on any atom is -0.457 e. The van der Waals surface area contributed by atoms with Crippen LogP contribution in [0.2, 0.25) is 0 Å². The Labute approximate surface area is 211 Å². The van der Waals surface area contributed by atoms with Crippen LogP contribution in [0.4, 0.5) is 20.6 Å². The van der Waals surface area contributed by atoms with Crippen LogP contribution in [0.25, 0.3) is 0 Å². The first-order valence-electron chi connectivity index (χ1n) is 11.3. The molecular weight excluding hydrogens is 459 g/mol. The standard InChI is InChI=1S/C28H33FN4O3/c1-6-8-21(9-7-2)36-22-14-15-24(23(29)16-22)32-27(35)33-26(17-25(30)28(4,5)18-34)31-20-12-10-19(3)11-13-20/h6-17,34H,1,18,30H2,2-5H3,(H2,31,32,33,35)/b9-7-,21-8+,25-17?. The molecule has 0 heterocycles. The van der Waals surface area contributed by atoms with E-state index in [2.05, 4.69) is 22.2 Å². The van der Waals surface area contributed by atoms with E-state index >= 15 is 0 Å². The molecule has 8 heteroatoms. The summed E-state index contributed by atoms with van der Waals surface area (Å²) in [6.45, 7) is 10.7. The zero-order chi connectivity index (χ0) is 26.7. The molecule has 0 bridgehead atoms. The van der Waals surface area contributed by atoms with E-state index in [-0.39, 0.29) is 23.9 Å². The first kappa shape index (κ1) is 28.1. The van der Waals surface area contributed by atoms with E-state index in [9.17, 15) is 14.3 Å². The quantitative estimate of drug-likeness (QED) is 0.152. The maximum absolute atomic E-state index is 14.7. The number of carbonyl (C=O) groups is 1. The van der Waals surface area contributed by atoms with Crippen molar-refractivity contribution in [1.82, 2.24) is 5.32 Å². The number of nitrogens with two attached hydrogens (primary N) is 1. The van der Waals surface area contributed by atoms with Crippen molar-refractivity contribution in [3.05, 3.63) is 102 Å². The predicted molar refractivity (Wildman–Crippen MR) is 144 cm³/mol. The van der Waals surface area contributed by atoms with Crippen molar-refractivity contribution in [3.63, 3.8) is 0 Å². The Kier molecular flexibility index (Phi) is 10.2. The second-order valence-corrected chi connectivity index (χ2v) is 8.60. The number of nitrogens with zero attached hydrogens (tertiary/aromatic N) is 1. The van der Waals surface area contributed by atoms with E-state index in [1.165, 1.54) is 24.3 Å². The number of aliphatic imine (C=N–C) groups is 1. The monoisotopic (exact) mass is 492 g/mol. The highest BCUT2D eigenvalue weighted by atomic mass is 19.1. The smallest absolute Gasteiger partial charge is 0.324 e. The van der Waals surface area contributed by atoms with Gasteiger partial charge in [-0.2, -0.15) is 0 Å². The molecule has 0 unspecified atom stereocenters. The van der Waals surface area contributed by atoms with Gasteiger partial charge in [0.15, 0.2) is 0 Å². The van der Waals surface area contributed by atoms with E-state index in [0.717, 1.165) is 5.56 Å². The molecule has 2 aromatic rings. The van der Waals surface area contributed by atoms with Gasteiger partial charge in [0, 0.05) is 23.3 Å². The van der Waals surface area contributed by atoms with Crippen molar-refractivity contribution in [1.29, 1.82) is 0 Å². The minimum absolute atomic E-state index is 0.0533. The fraction of sp³-hybridized carbons (Fsp3) is 0.214. The maximum atomic E-state index is 14.7. The molecule has 190 valence electrons. The zero-order valence-electron chi connectivity index (χ0n) is 21.0. The lowest BCUT2D eigenvalue weighted by atomic mass is 9.90. The first-order valence-corrected chi connectivity index (χ1v) is 11.3. The predicted octanol–water partition coefficient (Wildman–Crippen LogP) is 5.87. The molecule has 0 fully saturated rings. The van der Waals surface area contributed by atoms with E-state index in [0.29, 0.717) is 17.1 Å². The van der Waals surface area contributed by atoms with E-state index in [1.54, 1.807) is 50.3 Å². The number of urea groups is 1. The third kappa shape index (κ3) is 8.56. The van der Waals surface area contributed by atoms with Gasteiger partial charge in [-0.05, 0) is 50.3 Å². The fourth-order valence-electron chi connectivity index (χ4n) is 2.76. The number of hydrogen-bond donors (Lipinski definition) is 4. The Bertz CT molecular complexity index is 1200. The van der Waals surface area contributed by atoms with Crippen molar-refractivity contribution in [2.45, 2.75) is 27.7 Å². The second-order valence-electron chi connectivity index (χ2n) is 8.60. The highest BCUT2D eigenvalue weighted by Crippen LogP contribution is 2.23. The van der Waals surface area contributed by atoms with E-state index < -0.39 is 17.3 Å². The summed E-state index contributed by atoms with van der Waals surface area (Å²) in [6, 6.07) is 10.7. The fourth-order valence-corrected chi connectivity index (χ4v) is 2.76. The van der Waals surface area contributed by atoms with Crippen molar-refractivity contribution < 1.29 is 19.0 Å². The van der Waals surface area contributed by atoms with Crippen LogP contribution in [0.5, 0.6) is 5.75 Å². The van der Waals surface area contributed by atoms with Crippen LogP contribution in [-0.4, -0.2) is 23.6 Å². The molecule has 0 aliphatic heterocycles. The number of aliphatic hydroxyl groups is 1. The van der Waals surface area contributed by atoms with Crippen LogP contribution in [0.1, 0.15) is 26.3 Å².